The Kier molecular flexibility index (Phi) is 20.1. The van der Waals surface area contributed by atoms with E-state index in [9.17, 15) is 91.3 Å². The van der Waals surface area contributed by atoms with Gasteiger partial charge in [-0.25, -0.2) is 4.79 Å². The van der Waals surface area contributed by atoms with Crippen molar-refractivity contribution in [3.8, 4) is 0 Å². The lowest BCUT2D eigenvalue weighted by molar-refractivity contribution is -0.397. The average molecular weight is 1280 g/mol. The monoisotopic (exact) mass is 1280 g/mol. The van der Waals surface area contributed by atoms with Crippen LogP contribution in [0.3, 0.4) is 0 Å². The lowest BCUT2D eigenvalue weighted by Gasteiger charge is -2.72. The zero-order chi connectivity index (χ0) is 65.2. The number of carbonyl (C=O) groups is 2. The molecule has 0 aromatic carbocycles. The number of hydrogen-bond donors (Lipinski definition) is 16. The second kappa shape index (κ2) is 25.7. The molecule has 34 unspecified atom stereocenters. The van der Waals surface area contributed by atoms with Gasteiger partial charge in [-0.3, -0.25) is 4.79 Å². The van der Waals surface area contributed by atoms with Crippen molar-refractivity contribution in [3.05, 3.63) is 11.6 Å². The number of aliphatic hydroxyl groups excluding tert-OH is 15. The van der Waals surface area contributed by atoms with Gasteiger partial charge in [0.2, 0.25) is 0 Å². The van der Waals surface area contributed by atoms with Crippen LogP contribution in [0.15, 0.2) is 11.6 Å². The van der Waals surface area contributed by atoms with Gasteiger partial charge >= 0.3 is 11.9 Å². The van der Waals surface area contributed by atoms with E-state index in [1.807, 2.05) is 20.8 Å². The predicted molar refractivity (Wildman–Crippen MR) is 296 cm³/mol. The Labute approximate surface area is 515 Å². The van der Waals surface area contributed by atoms with E-state index in [4.69, 9.17) is 52.1 Å². The summed E-state index contributed by atoms with van der Waals surface area (Å²) >= 11 is 0. The Bertz CT molecular complexity index is 2530. The number of ether oxygens (including phenoxy) is 11. The number of rotatable bonds is 15. The highest BCUT2D eigenvalue weighted by molar-refractivity contribution is 5.73. The Morgan fingerprint density at radius 2 is 1.13 bits per heavy atom. The van der Waals surface area contributed by atoms with E-state index in [1.165, 1.54) is 5.57 Å². The average Bonchev–Trinajstić information content (AvgIpc) is 0.706. The first-order valence-corrected chi connectivity index (χ1v) is 31.2. The van der Waals surface area contributed by atoms with Gasteiger partial charge in [-0.1, -0.05) is 60.1 Å². The Morgan fingerprint density at radius 1 is 0.562 bits per heavy atom. The lowest BCUT2D eigenvalue weighted by atomic mass is 9.33. The van der Waals surface area contributed by atoms with Gasteiger partial charge in [-0.05, 0) is 90.8 Å². The summed E-state index contributed by atoms with van der Waals surface area (Å²) in [7, 11) is 0. The van der Waals surface area contributed by atoms with Crippen LogP contribution < -0.4 is 0 Å². The third-order valence-corrected chi connectivity index (χ3v) is 23.5. The van der Waals surface area contributed by atoms with E-state index < -0.39 is 218 Å². The molecular formula is C60H96O29. The van der Waals surface area contributed by atoms with Gasteiger partial charge < -0.3 is 134 Å². The number of carboxylic acid groups (broad SMARTS) is 1. The molecule has 5 aliphatic heterocycles. The van der Waals surface area contributed by atoms with E-state index in [0.29, 0.717) is 44.9 Å². The van der Waals surface area contributed by atoms with E-state index >= 15 is 0 Å². The Balaban J connectivity index is 0.884. The minimum Gasteiger partial charge on any atom is -0.479 e. The molecule has 10 rings (SSSR count). The van der Waals surface area contributed by atoms with Crippen LogP contribution in [0.2, 0.25) is 0 Å². The first-order valence-electron chi connectivity index (χ1n) is 31.2. The number of aliphatic carboxylic acids is 1. The second-order valence-corrected chi connectivity index (χ2v) is 28.9. The summed E-state index contributed by atoms with van der Waals surface area (Å²) < 4.78 is 65.5. The molecule has 89 heavy (non-hydrogen) atoms. The fourth-order valence-corrected chi connectivity index (χ4v) is 17.9. The molecule has 5 aliphatic carbocycles. The molecule has 0 aromatic rings. The molecule has 0 spiro atoms. The van der Waals surface area contributed by atoms with E-state index in [-0.39, 0.29) is 42.8 Å². The minimum absolute atomic E-state index is 0.0306. The van der Waals surface area contributed by atoms with Gasteiger partial charge in [0.25, 0.3) is 0 Å². The molecule has 29 heteroatoms. The largest absolute Gasteiger partial charge is 0.479 e. The zero-order valence-corrected chi connectivity index (χ0v) is 51.5. The van der Waals surface area contributed by atoms with Crippen molar-refractivity contribution in [1.29, 1.82) is 0 Å². The summed E-state index contributed by atoms with van der Waals surface area (Å²) in [6.07, 6.45) is -36.7. The third-order valence-electron chi connectivity index (χ3n) is 23.5. The maximum absolute atomic E-state index is 12.7. The zero-order valence-electron chi connectivity index (χ0n) is 51.5. The number of hydrogen-bond acceptors (Lipinski definition) is 28. The molecule has 5 heterocycles. The van der Waals surface area contributed by atoms with Crippen molar-refractivity contribution in [2.24, 2.45) is 50.2 Å². The van der Waals surface area contributed by atoms with Crippen molar-refractivity contribution < 1.29 is 143 Å². The van der Waals surface area contributed by atoms with Gasteiger partial charge in [0, 0.05) is 17.8 Å². The van der Waals surface area contributed by atoms with Crippen LogP contribution in [0, 0.1) is 50.2 Å². The molecule has 5 saturated heterocycles. The number of carboxylic acids is 1. The topological polar surface area (TPSA) is 459 Å². The lowest BCUT2D eigenvalue weighted by Crippen LogP contribution is -2.69. The molecule has 0 bridgehead atoms. The summed E-state index contributed by atoms with van der Waals surface area (Å²) in [6, 6.07) is 0. The van der Waals surface area contributed by atoms with Gasteiger partial charge in [0.15, 0.2) is 43.7 Å². The summed E-state index contributed by atoms with van der Waals surface area (Å²) in [4.78, 5) is 24.2. The van der Waals surface area contributed by atoms with Crippen molar-refractivity contribution in [1.82, 2.24) is 0 Å². The molecule has 9 fully saturated rings. The standard InChI is InChI=1S/C60H96O29/c1-23(64)81-29-21-80-50(40(73)35(29)68)85-43-26(65)20-79-51(42(43)75)89-48-47(76)55(2,3)17-25-24-9-10-31-57(5)13-12-32(58(6,22-63)30(57)11-14-60(31,8)59(24,7)16-15-56(25,48)4)84-54-46(39(72)38(71)44(86-54)49(77)78)88-53-45(37(70)34(67)28(19-62)83-53)87-52-41(74)36(69)33(66)27(18-61)82-52/h9,25-48,50-54,61-63,65-76H,10-22H2,1-8H3,(H,77,78). The molecule has 10 aliphatic rings. The van der Waals surface area contributed by atoms with E-state index in [1.54, 1.807) is 0 Å². The maximum Gasteiger partial charge on any atom is 0.335 e. The Hall–Kier alpha value is -2.32. The minimum atomic E-state index is -2.17. The third kappa shape index (κ3) is 11.7. The molecule has 29 nitrogen and oxygen atoms in total. The van der Waals surface area contributed by atoms with E-state index in [0.717, 1.165) is 6.92 Å². The van der Waals surface area contributed by atoms with Gasteiger partial charge in [-0.15, -0.1) is 0 Å². The van der Waals surface area contributed by atoms with Crippen LogP contribution in [-0.4, -0.2) is 286 Å². The Morgan fingerprint density at radius 3 is 1.76 bits per heavy atom. The summed E-state index contributed by atoms with van der Waals surface area (Å²) in [5.41, 5.74) is -2.52. The number of allylic oxidation sites excluding steroid dienone is 2. The highest BCUT2D eigenvalue weighted by Gasteiger charge is 2.71. The van der Waals surface area contributed by atoms with Crippen LogP contribution in [0.4, 0.5) is 0 Å². The first kappa shape index (κ1) is 69.5. The molecule has 34 atom stereocenters. The van der Waals surface area contributed by atoms with Crippen LogP contribution in [0.5, 0.6) is 0 Å². The van der Waals surface area contributed by atoms with Crippen molar-refractivity contribution >= 4 is 11.9 Å². The fraction of sp³-hybridized carbons (Fsp3) is 0.933. The molecule has 0 aromatic heterocycles. The van der Waals surface area contributed by atoms with Crippen molar-refractivity contribution in [3.63, 3.8) is 0 Å². The van der Waals surface area contributed by atoms with Gasteiger partial charge in [0.1, 0.15) is 97.7 Å². The number of carbonyl (C=O) groups excluding carboxylic acids is 1. The summed E-state index contributed by atoms with van der Waals surface area (Å²) in [5.74, 6) is -2.72. The quantitative estimate of drug-likeness (QED) is 0.0424. The maximum atomic E-state index is 12.7. The van der Waals surface area contributed by atoms with Crippen LogP contribution in [0.25, 0.3) is 0 Å². The summed E-state index contributed by atoms with van der Waals surface area (Å²) in [6.45, 7) is 13.1. The fourth-order valence-electron chi connectivity index (χ4n) is 17.9. The normalized spacial score (nSPS) is 54.1. The highest BCUT2D eigenvalue weighted by Crippen LogP contribution is 2.76. The van der Waals surface area contributed by atoms with Gasteiger partial charge in [-0.2, -0.15) is 0 Å². The second-order valence-electron chi connectivity index (χ2n) is 28.9. The van der Waals surface area contributed by atoms with E-state index in [2.05, 4.69) is 33.8 Å². The molecule has 510 valence electrons. The van der Waals surface area contributed by atoms with Crippen molar-refractivity contribution in [2.45, 2.75) is 266 Å². The number of aliphatic hydroxyl groups is 15. The smallest absolute Gasteiger partial charge is 0.335 e. The molecule has 4 saturated carbocycles. The highest BCUT2D eigenvalue weighted by atomic mass is 16.8. The SMILES string of the molecule is CC(=O)OC1COC(OC2C(O)COC(OC3C(O)C(C)(C)CC4C5=CCC6C7(C)CCC(OC8OC(C(=O)O)C(O)C(O)C8OC8OC(CO)C(O)C(O)C8OC8OC(CO)C(O)C(O)C8O)C(C)(CO)C7CCC6(C)C5(C)CCC43C)C2O)C(O)C1O. The van der Waals surface area contributed by atoms with Crippen LogP contribution >= 0.6 is 0 Å². The predicted octanol–water partition coefficient (Wildman–Crippen LogP) is -3.85. The molecule has 0 radical (unpaired) electrons. The first-order chi connectivity index (χ1) is 41.7. The molecule has 16 N–H and O–H groups in total. The molecular weight excluding hydrogens is 1180 g/mol. The number of esters is 1. The number of fused-ring (bicyclic) bond motifs is 7. The summed E-state index contributed by atoms with van der Waals surface area (Å²) in [5, 5.41) is 176. The van der Waals surface area contributed by atoms with Gasteiger partial charge in [0.05, 0.1) is 51.3 Å². The van der Waals surface area contributed by atoms with Crippen LogP contribution in [-0.2, 0) is 61.7 Å². The van der Waals surface area contributed by atoms with Crippen LogP contribution in [0.1, 0.15) is 107 Å². The molecule has 0 amide bonds. The van der Waals surface area contributed by atoms with Crippen molar-refractivity contribution in [2.75, 3.05) is 33.0 Å².